The van der Waals surface area contributed by atoms with Crippen LogP contribution in [-0.4, -0.2) is 28.9 Å². The van der Waals surface area contributed by atoms with Crippen molar-refractivity contribution in [2.24, 2.45) is 5.73 Å². The third-order valence-electron chi connectivity index (χ3n) is 1.79. The van der Waals surface area contributed by atoms with Crippen LogP contribution in [0.2, 0.25) is 0 Å². The molecule has 0 radical (unpaired) electrons. The molecule has 15 heavy (non-hydrogen) atoms. The molecule has 0 spiro atoms. The zero-order valence-corrected chi connectivity index (χ0v) is 8.66. The molecule has 0 rings (SSSR count). The molecule has 0 saturated carbocycles. The van der Waals surface area contributed by atoms with Gasteiger partial charge in [0.05, 0.1) is 0 Å². The lowest BCUT2D eigenvalue weighted by Crippen LogP contribution is -2.41. The monoisotopic (exact) mass is 216 g/mol. The number of aliphatic carboxylic acids is 1. The van der Waals surface area contributed by atoms with Crippen LogP contribution in [0.15, 0.2) is 0 Å². The molecule has 0 fully saturated rings. The maximum atomic E-state index is 11.1. The highest BCUT2D eigenvalue weighted by molar-refractivity contribution is 5.84. The Labute approximate surface area is 87.8 Å². The number of primary amides is 1. The first kappa shape index (κ1) is 13.4. The molecule has 0 heterocycles. The molecule has 0 aromatic heterocycles. The van der Waals surface area contributed by atoms with Crippen LogP contribution >= 0.6 is 0 Å². The number of nitrogens with two attached hydrogens (primary N) is 1. The highest BCUT2D eigenvalue weighted by Gasteiger charge is 2.19. The lowest BCUT2D eigenvalue weighted by molar-refractivity contribution is -0.142. The molecule has 6 heteroatoms. The fourth-order valence-electron chi connectivity index (χ4n) is 1.04. The van der Waals surface area contributed by atoms with E-state index in [2.05, 4.69) is 5.32 Å². The molecule has 0 aliphatic rings. The Morgan fingerprint density at radius 3 is 2.33 bits per heavy atom. The Morgan fingerprint density at radius 2 is 1.93 bits per heavy atom. The van der Waals surface area contributed by atoms with Crippen LogP contribution in [0.25, 0.3) is 0 Å². The van der Waals surface area contributed by atoms with Gasteiger partial charge in [0.25, 0.3) is 0 Å². The van der Waals surface area contributed by atoms with Crippen LogP contribution in [0, 0.1) is 0 Å². The van der Waals surface area contributed by atoms with Gasteiger partial charge in [0.1, 0.15) is 6.04 Å². The molecule has 0 aliphatic heterocycles. The average molecular weight is 216 g/mol. The summed E-state index contributed by atoms with van der Waals surface area (Å²) in [5.74, 6) is -2.05. The second-order valence-corrected chi connectivity index (χ2v) is 3.21. The topological polar surface area (TPSA) is 109 Å². The zero-order chi connectivity index (χ0) is 11.8. The second-order valence-electron chi connectivity index (χ2n) is 3.21. The Bertz CT molecular complexity index is 252. The molecule has 0 aromatic carbocycles. The van der Waals surface area contributed by atoms with Gasteiger partial charge in [-0.1, -0.05) is 6.92 Å². The van der Waals surface area contributed by atoms with Crippen LogP contribution in [0.1, 0.15) is 32.6 Å². The summed E-state index contributed by atoms with van der Waals surface area (Å²) in [7, 11) is 0. The third-order valence-corrected chi connectivity index (χ3v) is 1.79. The number of hydrogen-bond acceptors (Lipinski definition) is 3. The zero-order valence-electron chi connectivity index (χ0n) is 8.66. The van der Waals surface area contributed by atoms with Crippen molar-refractivity contribution >= 4 is 17.8 Å². The Morgan fingerprint density at radius 1 is 1.33 bits per heavy atom. The van der Waals surface area contributed by atoms with Gasteiger partial charge in [-0.05, 0) is 12.8 Å². The molecule has 1 unspecified atom stereocenters. The molecule has 0 aliphatic carbocycles. The number of carbonyl (C=O) groups excluding carboxylic acids is 2. The Kier molecular flexibility index (Phi) is 6.08. The van der Waals surface area contributed by atoms with Crippen molar-refractivity contribution in [1.82, 2.24) is 5.32 Å². The van der Waals surface area contributed by atoms with Crippen LogP contribution < -0.4 is 11.1 Å². The number of rotatable bonds is 7. The lowest BCUT2D eigenvalue weighted by Gasteiger charge is -2.13. The minimum atomic E-state index is -1.15. The van der Waals surface area contributed by atoms with Crippen LogP contribution in [0.4, 0.5) is 0 Å². The van der Waals surface area contributed by atoms with E-state index in [1.165, 1.54) is 0 Å². The largest absolute Gasteiger partial charge is 0.480 e. The smallest absolute Gasteiger partial charge is 0.326 e. The number of carboxylic acids is 1. The molecular formula is C9H16N2O4. The maximum absolute atomic E-state index is 11.1. The highest BCUT2D eigenvalue weighted by atomic mass is 16.4. The molecular weight excluding hydrogens is 200 g/mol. The van der Waals surface area contributed by atoms with Crippen molar-refractivity contribution < 1.29 is 19.5 Å². The minimum Gasteiger partial charge on any atom is -0.480 e. The fourth-order valence-corrected chi connectivity index (χ4v) is 1.04. The first-order chi connectivity index (χ1) is 6.97. The van der Waals surface area contributed by atoms with Crippen LogP contribution in [0.5, 0.6) is 0 Å². The molecule has 2 amide bonds. The fraction of sp³-hybridized carbons (Fsp3) is 0.667. The number of amides is 2. The lowest BCUT2D eigenvalue weighted by atomic mass is 10.1. The van der Waals surface area contributed by atoms with Gasteiger partial charge in [0.15, 0.2) is 0 Å². The van der Waals surface area contributed by atoms with Gasteiger partial charge < -0.3 is 16.2 Å². The molecule has 1 atom stereocenters. The van der Waals surface area contributed by atoms with Crippen molar-refractivity contribution in [2.75, 3.05) is 0 Å². The minimum absolute atomic E-state index is 0.0279. The van der Waals surface area contributed by atoms with Gasteiger partial charge in [0, 0.05) is 12.8 Å². The van der Waals surface area contributed by atoms with E-state index in [0.717, 1.165) is 0 Å². The van der Waals surface area contributed by atoms with Crippen molar-refractivity contribution in [2.45, 2.75) is 38.6 Å². The summed E-state index contributed by atoms with van der Waals surface area (Å²) in [6.45, 7) is 1.82. The molecule has 6 nitrogen and oxygen atoms in total. The first-order valence-corrected chi connectivity index (χ1v) is 4.77. The Hall–Kier alpha value is -1.59. The number of hydrogen-bond donors (Lipinski definition) is 3. The Balaban J connectivity index is 4.10. The van der Waals surface area contributed by atoms with E-state index < -0.39 is 17.9 Å². The van der Waals surface area contributed by atoms with Crippen molar-refractivity contribution in [3.05, 3.63) is 0 Å². The van der Waals surface area contributed by atoms with E-state index in [1.54, 1.807) is 0 Å². The molecule has 0 aromatic rings. The van der Waals surface area contributed by atoms with E-state index in [1.807, 2.05) is 6.92 Å². The summed E-state index contributed by atoms with van der Waals surface area (Å²) in [5, 5.41) is 11.1. The molecule has 86 valence electrons. The predicted molar refractivity (Wildman–Crippen MR) is 52.9 cm³/mol. The van der Waals surface area contributed by atoms with E-state index in [9.17, 15) is 14.4 Å². The standard InChI is InChI=1S/C9H16N2O4/c1-2-3-8(13)11-6(9(14)15)4-5-7(10)12/h6H,2-5H2,1H3,(H2,10,12)(H,11,13)(H,14,15). The van der Waals surface area contributed by atoms with Gasteiger partial charge in [-0.25, -0.2) is 4.79 Å². The number of nitrogens with one attached hydrogen (secondary N) is 1. The van der Waals surface area contributed by atoms with Gasteiger partial charge in [-0.2, -0.15) is 0 Å². The maximum Gasteiger partial charge on any atom is 0.326 e. The van der Waals surface area contributed by atoms with E-state index in [4.69, 9.17) is 10.8 Å². The normalized spacial score (nSPS) is 11.8. The average Bonchev–Trinajstić information content (AvgIpc) is 2.11. The summed E-state index contributed by atoms with van der Waals surface area (Å²) in [5.41, 5.74) is 4.89. The number of carboxylic acid groups (broad SMARTS) is 1. The van der Waals surface area contributed by atoms with Gasteiger partial charge in [-0.3, -0.25) is 9.59 Å². The quantitative estimate of drug-likeness (QED) is 0.538. The van der Waals surface area contributed by atoms with E-state index >= 15 is 0 Å². The summed E-state index contributed by atoms with van der Waals surface area (Å²) in [6, 6.07) is -1.03. The van der Waals surface area contributed by atoms with E-state index in [0.29, 0.717) is 6.42 Å². The van der Waals surface area contributed by atoms with Crippen molar-refractivity contribution in [3.63, 3.8) is 0 Å². The van der Waals surface area contributed by atoms with Gasteiger partial charge >= 0.3 is 5.97 Å². The second kappa shape index (κ2) is 6.80. The summed E-state index contributed by atoms with van der Waals surface area (Å²) in [6.07, 6.45) is 0.901. The summed E-state index contributed by atoms with van der Waals surface area (Å²) < 4.78 is 0. The SMILES string of the molecule is CCCC(=O)NC(CCC(N)=O)C(=O)O. The van der Waals surface area contributed by atoms with Crippen LogP contribution in [0.3, 0.4) is 0 Å². The van der Waals surface area contributed by atoms with E-state index in [-0.39, 0.29) is 25.2 Å². The highest BCUT2D eigenvalue weighted by Crippen LogP contribution is 1.98. The molecule has 4 N–H and O–H groups in total. The predicted octanol–water partition coefficient (Wildman–Crippen LogP) is -0.379. The van der Waals surface area contributed by atoms with Gasteiger partial charge in [0.2, 0.25) is 11.8 Å². The summed E-state index contributed by atoms with van der Waals surface area (Å²) >= 11 is 0. The first-order valence-electron chi connectivity index (χ1n) is 4.77. The third kappa shape index (κ3) is 6.48. The number of carbonyl (C=O) groups is 3. The summed E-state index contributed by atoms with van der Waals surface area (Å²) in [4.78, 5) is 32.3. The molecule has 0 bridgehead atoms. The van der Waals surface area contributed by atoms with Crippen molar-refractivity contribution in [3.8, 4) is 0 Å². The molecule has 0 saturated heterocycles. The van der Waals surface area contributed by atoms with Crippen LogP contribution in [-0.2, 0) is 14.4 Å². The van der Waals surface area contributed by atoms with Crippen molar-refractivity contribution in [1.29, 1.82) is 0 Å². The van der Waals surface area contributed by atoms with Gasteiger partial charge in [-0.15, -0.1) is 0 Å².